The lowest BCUT2D eigenvalue weighted by molar-refractivity contribution is 0.140. The summed E-state index contributed by atoms with van der Waals surface area (Å²) in [6.45, 7) is 3.75. The number of hydrazone groups is 1. The maximum Gasteiger partial charge on any atom is 0.407 e. The third kappa shape index (κ3) is 4.85. The topological polar surface area (TPSA) is 91.0 Å². The first-order chi connectivity index (χ1) is 9.41. The summed E-state index contributed by atoms with van der Waals surface area (Å²) >= 11 is 4.71. The van der Waals surface area contributed by atoms with E-state index in [1.165, 1.54) is 4.90 Å². The van der Waals surface area contributed by atoms with Gasteiger partial charge in [0.1, 0.15) is 0 Å². The molecule has 1 aromatic carbocycles. The zero-order chi connectivity index (χ0) is 15.1. The highest BCUT2D eigenvalue weighted by Crippen LogP contribution is 2.06. The zero-order valence-corrected chi connectivity index (χ0v) is 12.2. The van der Waals surface area contributed by atoms with Gasteiger partial charge in [-0.2, -0.15) is 5.10 Å². The van der Waals surface area contributed by atoms with E-state index in [2.05, 4.69) is 10.5 Å². The fraction of sp³-hybridized carbons (Fsp3) is 0.308. The van der Waals surface area contributed by atoms with Crippen LogP contribution in [0.4, 0.5) is 4.79 Å². The van der Waals surface area contributed by atoms with E-state index in [1.807, 2.05) is 30.3 Å². The lowest BCUT2D eigenvalue weighted by Gasteiger charge is -2.24. The van der Waals surface area contributed by atoms with Gasteiger partial charge in [-0.25, -0.2) is 4.79 Å². The average molecular weight is 294 g/mol. The number of nitrogens with one attached hydrogen (secondary N) is 1. The van der Waals surface area contributed by atoms with E-state index >= 15 is 0 Å². The molecule has 108 valence electrons. The molecule has 0 aliphatic carbocycles. The Morgan fingerprint density at radius 3 is 2.50 bits per heavy atom. The molecule has 0 aliphatic rings. The third-order valence-corrected chi connectivity index (χ3v) is 2.69. The number of hydrogen-bond donors (Lipinski definition) is 3. The monoisotopic (exact) mass is 294 g/mol. The van der Waals surface area contributed by atoms with E-state index in [-0.39, 0.29) is 17.7 Å². The van der Waals surface area contributed by atoms with Crippen molar-refractivity contribution in [3.63, 3.8) is 0 Å². The van der Waals surface area contributed by atoms with Crippen LogP contribution >= 0.6 is 12.2 Å². The standard InChI is InChI=1S/C13H18N4O2S/c1-9(2)17(13(18)19)8-11(15-16-12(14)20)10-6-4-3-5-7-10/h3-7,9H,8H2,1-2H3,(H,18,19)(H3,14,16,20). The van der Waals surface area contributed by atoms with Crippen molar-refractivity contribution in [3.05, 3.63) is 35.9 Å². The Labute approximate surface area is 123 Å². The zero-order valence-electron chi connectivity index (χ0n) is 11.4. The van der Waals surface area contributed by atoms with E-state index in [4.69, 9.17) is 18.0 Å². The Morgan fingerprint density at radius 1 is 1.45 bits per heavy atom. The molecule has 4 N–H and O–H groups in total. The Bertz CT molecular complexity index is 502. The Morgan fingerprint density at radius 2 is 2.05 bits per heavy atom. The fourth-order valence-electron chi connectivity index (χ4n) is 1.58. The molecule has 7 heteroatoms. The van der Waals surface area contributed by atoms with Crippen molar-refractivity contribution in [2.24, 2.45) is 10.8 Å². The lowest BCUT2D eigenvalue weighted by atomic mass is 10.1. The summed E-state index contributed by atoms with van der Waals surface area (Å²) in [6.07, 6.45) is -1.00. The molecule has 0 heterocycles. The summed E-state index contributed by atoms with van der Waals surface area (Å²) in [5.74, 6) is 0. The van der Waals surface area contributed by atoms with Gasteiger partial charge in [0, 0.05) is 6.04 Å². The van der Waals surface area contributed by atoms with Gasteiger partial charge in [-0.15, -0.1) is 0 Å². The normalized spacial score (nSPS) is 11.2. The summed E-state index contributed by atoms with van der Waals surface area (Å²) in [7, 11) is 0. The number of rotatable bonds is 5. The van der Waals surface area contributed by atoms with Crippen LogP contribution in [0.5, 0.6) is 0 Å². The van der Waals surface area contributed by atoms with Crippen LogP contribution in [0.2, 0.25) is 0 Å². The van der Waals surface area contributed by atoms with Crippen molar-refractivity contribution in [1.29, 1.82) is 0 Å². The van der Waals surface area contributed by atoms with Crippen molar-refractivity contribution in [1.82, 2.24) is 10.3 Å². The number of nitrogens with zero attached hydrogens (tertiary/aromatic N) is 2. The van der Waals surface area contributed by atoms with Crippen LogP contribution < -0.4 is 11.2 Å². The highest BCUT2D eigenvalue weighted by molar-refractivity contribution is 7.80. The molecule has 0 aromatic heterocycles. The molecule has 0 fully saturated rings. The van der Waals surface area contributed by atoms with E-state index < -0.39 is 6.09 Å². The third-order valence-electron chi connectivity index (χ3n) is 2.60. The second-order valence-corrected chi connectivity index (χ2v) is 4.84. The molecule has 1 aromatic rings. The predicted octanol–water partition coefficient (Wildman–Crippen LogP) is 1.61. The highest BCUT2D eigenvalue weighted by atomic mass is 32.1. The van der Waals surface area contributed by atoms with E-state index in [1.54, 1.807) is 13.8 Å². The minimum absolute atomic E-state index is 0.0323. The fourth-order valence-corrected chi connectivity index (χ4v) is 1.62. The molecule has 0 spiro atoms. The highest BCUT2D eigenvalue weighted by Gasteiger charge is 2.19. The second-order valence-electron chi connectivity index (χ2n) is 4.40. The number of amides is 1. The molecule has 6 nitrogen and oxygen atoms in total. The summed E-state index contributed by atoms with van der Waals surface area (Å²) in [4.78, 5) is 12.5. The number of nitrogens with two attached hydrogens (primary N) is 1. The first kappa shape index (κ1) is 15.9. The quantitative estimate of drug-likeness (QED) is 0.436. The molecule has 0 aliphatic heterocycles. The number of thiocarbonyl (C=S) groups is 1. The van der Waals surface area contributed by atoms with E-state index in [0.29, 0.717) is 5.71 Å². The van der Waals surface area contributed by atoms with Gasteiger partial charge >= 0.3 is 6.09 Å². The molecule has 0 bridgehead atoms. The van der Waals surface area contributed by atoms with Crippen LogP contribution in [0.3, 0.4) is 0 Å². The smallest absolute Gasteiger partial charge is 0.407 e. The van der Waals surface area contributed by atoms with Crippen molar-refractivity contribution in [3.8, 4) is 0 Å². The van der Waals surface area contributed by atoms with Crippen LogP contribution in [-0.2, 0) is 0 Å². The number of hydrogen-bond acceptors (Lipinski definition) is 3. The molecule has 1 amide bonds. The Balaban J connectivity index is 3.02. The maximum absolute atomic E-state index is 11.2. The van der Waals surface area contributed by atoms with Crippen LogP contribution in [-0.4, -0.2) is 39.5 Å². The van der Waals surface area contributed by atoms with Gasteiger partial charge in [0.25, 0.3) is 0 Å². The first-order valence-electron chi connectivity index (χ1n) is 6.08. The SMILES string of the molecule is CC(C)N(CC(=NNC(N)=S)c1ccccc1)C(=O)O. The van der Waals surface area contributed by atoms with Crippen LogP contribution in [0.1, 0.15) is 19.4 Å². The lowest BCUT2D eigenvalue weighted by Crippen LogP contribution is -2.40. The van der Waals surface area contributed by atoms with Gasteiger partial charge in [-0.3, -0.25) is 10.3 Å². The maximum atomic E-state index is 11.2. The van der Waals surface area contributed by atoms with E-state index in [0.717, 1.165) is 5.56 Å². The summed E-state index contributed by atoms with van der Waals surface area (Å²) < 4.78 is 0. The minimum Gasteiger partial charge on any atom is -0.465 e. The molecule has 1 rings (SSSR count). The molecular weight excluding hydrogens is 276 g/mol. The van der Waals surface area contributed by atoms with E-state index in [9.17, 15) is 9.90 Å². The molecule has 0 unspecified atom stereocenters. The average Bonchev–Trinajstić information content (AvgIpc) is 2.38. The summed E-state index contributed by atoms with van der Waals surface area (Å²) in [5, 5.41) is 13.3. The molecule has 20 heavy (non-hydrogen) atoms. The Hall–Kier alpha value is -2.15. The van der Waals surface area contributed by atoms with Gasteiger partial charge in [0.2, 0.25) is 0 Å². The molecular formula is C13H18N4O2S. The largest absolute Gasteiger partial charge is 0.465 e. The first-order valence-corrected chi connectivity index (χ1v) is 6.49. The van der Waals surface area contributed by atoms with Gasteiger partial charge < -0.3 is 10.8 Å². The van der Waals surface area contributed by atoms with Crippen molar-refractivity contribution >= 4 is 29.1 Å². The Kier molecular flexibility index (Phi) is 5.92. The van der Waals surface area contributed by atoms with Crippen LogP contribution in [0, 0.1) is 0 Å². The van der Waals surface area contributed by atoms with Crippen molar-refractivity contribution < 1.29 is 9.90 Å². The van der Waals surface area contributed by atoms with Gasteiger partial charge in [-0.05, 0) is 31.6 Å². The number of carboxylic acid groups (broad SMARTS) is 1. The second kappa shape index (κ2) is 7.44. The van der Waals surface area contributed by atoms with Crippen LogP contribution in [0.15, 0.2) is 35.4 Å². The van der Waals surface area contributed by atoms with Crippen molar-refractivity contribution in [2.75, 3.05) is 6.54 Å². The van der Waals surface area contributed by atoms with Gasteiger partial charge in [-0.1, -0.05) is 30.3 Å². The van der Waals surface area contributed by atoms with Crippen molar-refractivity contribution in [2.45, 2.75) is 19.9 Å². The molecule has 0 saturated carbocycles. The minimum atomic E-state index is -1.00. The van der Waals surface area contributed by atoms with Gasteiger partial charge in [0.05, 0.1) is 12.3 Å². The number of benzene rings is 1. The molecule has 0 radical (unpaired) electrons. The molecule has 0 saturated heterocycles. The van der Waals surface area contributed by atoms with Crippen LogP contribution in [0.25, 0.3) is 0 Å². The molecule has 0 atom stereocenters. The number of carbonyl (C=O) groups is 1. The predicted molar refractivity (Wildman–Crippen MR) is 82.8 cm³/mol. The summed E-state index contributed by atoms with van der Waals surface area (Å²) in [6, 6.07) is 9.12. The summed E-state index contributed by atoms with van der Waals surface area (Å²) in [5.41, 5.74) is 9.22. The van der Waals surface area contributed by atoms with Gasteiger partial charge in [0.15, 0.2) is 5.11 Å².